The molecule has 1 aliphatic heterocycles. The smallest absolute Gasteiger partial charge is 0.270 e. The van der Waals surface area contributed by atoms with E-state index in [1.807, 2.05) is 23.6 Å². The number of H-pyrrole nitrogens is 1. The number of thiazole rings is 1. The molecule has 0 bridgehead atoms. The zero-order valence-corrected chi connectivity index (χ0v) is 17.2. The molecule has 1 amide bonds. The number of ether oxygens (including phenoxy) is 1. The van der Waals surface area contributed by atoms with Gasteiger partial charge in [-0.15, -0.1) is 21.6 Å². The quantitative estimate of drug-likeness (QED) is 0.612. The van der Waals surface area contributed by atoms with Crippen molar-refractivity contribution < 1.29 is 14.6 Å². The largest absolute Gasteiger partial charge is 0.493 e. The molecule has 2 aromatic heterocycles. The van der Waals surface area contributed by atoms with Crippen molar-refractivity contribution in [2.45, 2.75) is 26.2 Å². The van der Waals surface area contributed by atoms with Crippen LogP contribution in [0.15, 0.2) is 33.8 Å². The van der Waals surface area contributed by atoms with Crippen LogP contribution in [-0.2, 0) is 16.0 Å². The first-order valence-corrected chi connectivity index (χ1v) is 10.5. The lowest BCUT2D eigenvalue weighted by molar-refractivity contribution is -0.117. The van der Waals surface area contributed by atoms with Crippen LogP contribution in [0.3, 0.4) is 0 Å². The zero-order chi connectivity index (χ0) is 20.4. The number of benzene rings is 1. The van der Waals surface area contributed by atoms with E-state index in [-0.39, 0.29) is 18.0 Å². The molecule has 29 heavy (non-hydrogen) atoms. The fourth-order valence-electron chi connectivity index (χ4n) is 3.21. The Morgan fingerprint density at radius 2 is 2.17 bits per heavy atom. The van der Waals surface area contributed by atoms with Crippen molar-refractivity contribution in [3.05, 3.63) is 34.8 Å². The molecule has 1 aliphatic rings. The first-order chi connectivity index (χ1) is 14.0. The summed E-state index contributed by atoms with van der Waals surface area (Å²) in [6, 6.07) is 5.86. The molecule has 0 radical (unpaired) electrons. The van der Waals surface area contributed by atoms with Gasteiger partial charge in [0.15, 0.2) is 10.8 Å². The minimum atomic E-state index is -0.405. The Hall–Kier alpha value is -2.78. The van der Waals surface area contributed by atoms with Gasteiger partial charge in [-0.3, -0.25) is 4.79 Å². The molecule has 0 unspecified atom stereocenters. The van der Waals surface area contributed by atoms with Gasteiger partial charge in [0.25, 0.3) is 5.91 Å². The molecule has 1 saturated heterocycles. The number of rotatable bonds is 5. The van der Waals surface area contributed by atoms with Crippen LogP contribution in [0.2, 0.25) is 0 Å². The van der Waals surface area contributed by atoms with Gasteiger partial charge in [0, 0.05) is 23.9 Å². The molecular formula is C20H23N5O3S. The van der Waals surface area contributed by atoms with Gasteiger partial charge < -0.3 is 19.7 Å². The maximum atomic E-state index is 12.3. The van der Waals surface area contributed by atoms with E-state index in [4.69, 9.17) is 4.74 Å². The SMILES string of the molecule is CC(C)c1ccc2[nH]c(O)c(N=NC(=O)Cc3csc(N4CCOCC4)n3)c2c1. The predicted octanol–water partition coefficient (Wildman–Crippen LogP) is 4.14. The van der Waals surface area contributed by atoms with Gasteiger partial charge in [-0.2, -0.15) is 0 Å². The maximum Gasteiger partial charge on any atom is 0.270 e. The Labute approximate surface area is 172 Å². The lowest BCUT2D eigenvalue weighted by Crippen LogP contribution is -2.36. The summed E-state index contributed by atoms with van der Waals surface area (Å²) < 4.78 is 5.35. The van der Waals surface area contributed by atoms with E-state index in [9.17, 15) is 9.90 Å². The van der Waals surface area contributed by atoms with Gasteiger partial charge in [0.1, 0.15) is 0 Å². The molecule has 9 heteroatoms. The number of nitrogens with zero attached hydrogens (tertiary/aromatic N) is 4. The van der Waals surface area contributed by atoms with Crippen molar-refractivity contribution in [2.24, 2.45) is 10.2 Å². The second kappa shape index (κ2) is 8.30. The predicted molar refractivity (Wildman–Crippen MR) is 112 cm³/mol. The molecule has 4 rings (SSSR count). The number of carbonyl (C=O) groups is 1. The van der Waals surface area contributed by atoms with Crippen LogP contribution in [-0.4, -0.2) is 47.3 Å². The number of fused-ring (bicyclic) bond motifs is 1. The number of hydrogen-bond acceptors (Lipinski definition) is 7. The topological polar surface area (TPSA) is 103 Å². The minimum Gasteiger partial charge on any atom is -0.493 e. The van der Waals surface area contributed by atoms with E-state index >= 15 is 0 Å². The molecule has 8 nitrogen and oxygen atoms in total. The first kappa shape index (κ1) is 19.5. The number of azo groups is 1. The minimum absolute atomic E-state index is 0.0741. The molecule has 0 aliphatic carbocycles. The Morgan fingerprint density at radius 1 is 1.38 bits per heavy atom. The van der Waals surface area contributed by atoms with Crippen molar-refractivity contribution in [1.82, 2.24) is 9.97 Å². The summed E-state index contributed by atoms with van der Waals surface area (Å²) in [6.07, 6.45) is 0.0741. The van der Waals surface area contributed by atoms with E-state index < -0.39 is 5.91 Å². The number of carbonyl (C=O) groups excluding carboxylic acids is 1. The van der Waals surface area contributed by atoms with Gasteiger partial charge in [0.2, 0.25) is 5.88 Å². The number of nitrogens with one attached hydrogen (secondary N) is 1. The van der Waals surface area contributed by atoms with Crippen molar-refractivity contribution in [3.63, 3.8) is 0 Å². The number of anilines is 1. The molecule has 1 fully saturated rings. The highest BCUT2D eigenvalue weighted by Gasteiger charge is 2.16. The fraction of sp³-hybridized carbons (Fsp3) is 0.400. The number of aromatic amines is 1. The summed E-state index contributed by atoms with van der Waals surface area (Å²) in [5.41, 5.74) is 2.83. The second-order valence-corrected chi connectivity index (χ2v) is 8.11. The summed E-state index contributed by atoms with van der Waals surface area (Å²) in [7, 11) is 0. The molecule has 2 N–H and O–H groups in total. The van der Waals surface area contributed by atoms with E-state index in [1.54, 1.807) is 0 Å². The Kier molecular flexibility index (Phi) is 5.59. The molecule has 3 heterocycles. The number of morpholine rings is 1. The third-order valence-electron chi connectivity index (χ3n) is 4.86. The lowest BCUT2D eigenvalue weighted by Gasteiger charge is -2.25. The van der Waals surface area contributed by atoms with Crippen LogP contribution in [0.4, 0.5) is 10.8 Å². The average molecular weight is 414 g/mol. The first-order valence-electron chi connectivity index (χ1n) is 9.57. The molecule has 152 valence electrons. The third kappa shape index (κ3) is 4.30. The van der Waals surface area contributed by atoms with Gasteiger partial charge in [0.05, 0.1) is 30.8 Å². The van der Waals surface area contributed by atoms with Crippen molar-refractivity contribution in [1.29, 1.82) is 0 Å². The fourth-order valence-corrected chi connectivity index (χ4v) is 4.09. The molecule has 0 saturated carbocycles. The second-order valence-electron chi connectivity index (χ2n) is 7.27. The molecule has 0 spiro atoms. The monoisotopic (exact) mass is 413 g/mol. The van der Waals surface area contributed by atoms with Gasteiger partial charge >= 0.3 is 0 Å². The highest BCUT2D eigenvalue weighted by molar-refractivity contribution is 7.13. The zero-order valence-electron chi connectivity index (χ0n) is 16.4. The van der Waals surface area contributed by atoms with Gasteiger partial charge in [-0.1, -0.05) is 19.9 Å². The van der Waals surface area contributed by atoms with E-state index in [2.05, 4.69) is 38.9 Å². The Bertz CT molecular complexity index is 1050. The van der Waals surface area contributed by atoms with Crippen LogP contribution in [0.25, 0.3) is 10.9 Å². The standard InChI is InChI=1S/C20H23N5O3S/c1-12(2)13-3-4-16-15(9-13)18(19(27)22-16)24-23-17(26)10-14-11-29-20(21-14)25-5-7-28-8-6-25/h3-4,9,11-12,22,27H,5-8,10H2,1-2H3. The molecule has 1 aromatic carbocycles. The molecular weight excluding hydrogens is 390 g/mol. The van der Waals surface area contributed by atoms with Crippen LogP contribution in [0, 0.1) is 0 Å². The van der Waals surface area contributed by atoms with E-state index in [0.717, 1.165) is 34.7 Å². The normalized spacial score (nSPS) is 15.1. The summed E-state index contributed by atoms with van der Waals surface area (Å²) in [5, 5.41) is 21.5. The lowest BCUT2D eigenvalue weighted by atomic mass is 10.0. The molecule has 3 aromatic rings. The number of hydrogen-bond donors (Lipinski definition) is 2. The third-order valence-corrected chi connectivity index (χ3v) is 5.81. The summed E-state index contributed by atoms with van der Waals surface area (Å²) >= 11 is 1.51. The number of aromatic hydroxyl groups is 1. The Morgan fingerprint density at radius 3 is 2.93 bits per heavy atom. The summed E-state index contributed by atoms with van der Waals surface area (Å²) in [4.78, 5) is 21.8. The van der Waals surface area contributed by atoms with Crippen molar-refractivity contribution in [2.75, 3.05) is 31.2 Å². The number of aromatic nitrogens is 2. The van der Waals surface area contributed by atoms with Crippen LogP contribution in [0.5, 0.6) is 5.88 Å². The summed E-state index contributed by atoms with van der Waals surface area (Å²) in [5.74, 6) is -0.161. The van der Waals surface area contributed by atoms with Gasteiger partial charge in [-0.25, -0.2) is 4.98 Å². The van der Waals surface area contributed by atoms with Gasteiger partial charge in [-0.05, 0) is 23.6 Å². The molecule has 0 atom stereocenters. The highest BCUT2D eigenvalue weighted by atomic mass is 32.1. The average Bonchev–Trinajstić information content (AvgIpc) is 3.30. The number of amides is 1. The Balaban J connectivity index is 1.48. The van der Waals surface area contributed by atoms with Crippen molar-refractivity contribution >= 4 is 39.0 Å². The van der Waals surface area contributed by atoms with E-state index in [0.29, 0.717) is 24.8 Å². The van der Waals surface area contributed by atoms with Crippen LogP contribution >= 0.6 is 11.3 Å². The summed E-state index contributed by atoms with van der Waals surface area (Å²) in [6.45, 7) is 7.18. The maximum absolute atomic E-state index is 12.3. The van der Waals surface area contributed by atoms with Crippen LogP contribution < -0.4 is 4.90 Å². The highest BCUT2D eigenvalue weighted by Crippen LogP contribution is 2.37. The van der Waals surface area contributed by atoms with Crippen molar-refractivity contribution in [3.8, 4) is 5.88 Å². The van der Waals surface area contributed by atoms with Crippen LogP contribution in [0.1, 0.15) is 31.0 Å². The van der Waals surface area contributed by atoms with E-state index in [1.165, 1.54) is 11.3 Å².